The van der Waals surface area contributed by atoms with Crippen LogP contribution in [-0.4, -0.2) is 51.1 Å². The second-order valence-corrected chi connectivity index (χ2v) is 7.26. The number of anilines is 2. The van der Waals surface area contributed by atoms with Crippen molar-refractivity contribution in [2.45, 2.75) is 18.9 Å². The molecule has 0 spiro atoms. The Kier molecular flexibility index (Phi) is 5.46. The Hall–Kier alpha value is -3.02. The quantitative estimate of drug-likeness (QED) is 0.618. The molecule has 1 atom stereocenters. The standard InChI is InChI=1S/C22H27N5O/c1-23-22(25-18-11-13-26(16-18)19-8-3-2-4-9-19)24-12-14-27-20-10-6-5-7-17(20)15-21(27)28/h2-10,18H,11-16H2,1H3,(H2,23,24,25). The summed E-state index contributed by atoms with van der Waals surface area (Å²) in [5.41, 5.74) is 3.41. The Morgan fingerprint density at radius 2 is 1.93 bits per heavy atom. The van der Waals surface area contributed by atoms with Crippen molar-refractivity contribution in [1.29, 1.82) is 0 Å². The summed E-state index contributed by atoms with van der Waals surface area (Å²) < 4.78 is 0. The number of benzene rings is 2. The Morgan fingerprint density at radius 3 is 2.75 bits per heavy atom. The minimum atomic E-state index is 0.167. The molecule has 2 heterocycles. The predicted octanol–water partition coefficient (Wildman–Crippen LogP) is 2.02. The number of hydrogen-bond acceptors (Lipinski definition) is 3. The molecule has 0 saturated carbocycles. The van der Waals surface area contributed by atoms with E-state index in [9.17, 15) is 4.79 Å². The van der Waals surface area contributed by atoms with E-state index >= 15 is 0 Å². The fourth-order valence-electron chi connectivity index (χ4n) is 3.99. The highest BCUT2D eigenvalue weighted by Gasteiger charge is 2.26. The number of rotatable bonds is 5. The second kappa shape index (κ2) is 8.33. The molecule has 0 aliphatic carbocycles. The average molecular weight is 377 g/mol. The molecule has 1 fully saturated rings. The number of nitrogens with zero attached hydrogens (tertiary/aromatic N) is 3. The van der Waals surface area contributed by atoms with Crippen LogP contribution in [-0.2, 0) is 11.2 Å². The molecule has 6 heteroatoms. The molecule has 1 unspecified atom stereocenters. The Bertz CT molecular complexity index is 851. The summed E-state index contributed by atoms with van der Waals surface area (Å²) >= 11 is 0. The highest BCUT2D eigenvalue weighted by molar-refractivity contribution is 6.01. The number of carbonyl (C=O) groups is 1. The summed E-state index contributed by atoms with van der Waals surface area (Å²) in [6.45, 7) is 3.30. The normalized spacial score (nSPS) is 19.1. The zero-order valence-electron chi connectivity index (χ0n) is 16.3. The van der Waals surface area contributed by atoms with E-state index in [1.807, 2.05) is 35.2 Å². The number of amides is 1. The van der Waals surface area contributed by atoms with Gasteiger partial charge in [-0.15, -0.1) is 0 Å². The zero-order chi connectivity index (χ0) is 19.3. The third-order valence-electron chi connectivity index (χ3n) is 5.43. The van der Waals surface area contributed by atoms with E-state index in [0.29, 0.717) is 25.6 Å². The van der Waals surface area contributed by atoms with Crippen LogP contribution in [0.15, 0.2) is 59.6 Å². The van der Waals surface area contributed by atoms with Crippen LogP contribution >= 0.6 is 0 Å². The maximum Gasteiger partial charge on any atom is 0.231 e. The number of nitrogens with one attached hydrogen (secondary N) is 2. The predicted molar refractivity (Wildman–Crippen MR) is 114 cm³/mol. The first-order valence-electron chi connectivity index (χ1n) is 9.90. The first-order valence-corrected chi connectivity index (χ1v) is 9.90. The van der Waals surface area contributed by atoms with Crippen LogP contribution in [0.3, 0.4) is 0 Å². The van der Waals surface area contributed by atoms with E-state index in [2.05, 4.69) is 44.8 Å². The number of hydrogen-bond donors (Lipinski definition) is 2. The number of carbonyl (C=O) groups excluding carboxylic acids is 1. The maximum atomic E-state index is 12.3. The maximum absolute atomic E-state index is 12.3. The van der Waals surface area contributed by atoms with Gasteiger partial charge in [0.2, 0.25) is 5.91 Å². The summed E-state index contributed by atoms with van der Waals surface area (Å²) in [5.74, 6) is 0.958. The Labute approximate surface area is 166 Å². The number of fused-ring (bicyclic) bond motifs is 1. The molecule has 1 saturated heterocycles. The van der Waals surface area contributed by atoms with E-state index in [1.165, 1.54) is 5.69 Å². The second-order valence-electron chi connectivity index (χ2n) is 7.26. The van der Waals surface area contributed by atoms with Gasteiger partial charge < -0.3 is 20.4 Å². The minimum Gasteiger partial charge on any atom is -0.369 e. The number of aliphatic imine (C=N–C) groups is 1. The zero-order valence-corrected chi connectivity index (χ0v) is 16.3. The molecule has 4 rings (SSSR count). The average Bonchev–Trinajstić information content (AvgIpc) is 3.32. The lowest BCUT2D eigenvalue weighted by atomic mass is 10.2. The van der Waals surface area contributed by atoms with Crippen LogP contribution < -0.4 is 20.4 Å². The van der Waals surface area contributed by atoms with Crippen molar-refractivity contribution < 1.29 is 4.79 Å². The first kappa shape index (κ1) is 18.3. The monoisotopic (exact) mass is 377 g/mol. The van der Waals surface area contributed by atoms with E-state index in [1.54, 1.807) is 7.05 Å². The Morgan fingerprint density at radius 1 is 1.14 bits per heavy atom. The highest BCUT2D eigenvalue weighted by Crippen LogP contribution is 2.27. The van der Waals surface area contributed by atoms with Crippen molar-refractivity contribution in [3.63, 3.8) is 0 Å². The van der Waals surface area contributed by atoms with Crippen molar-refractivity contribution in [3.8, 4) is 0 Å². The lowest BCUT2D eigenvalue weighted by Crippen LogP contribution is -2.47. The van der Waals surface area contributed by atoms with E-state index in [-0.39, 0.29) is 5.91 Å². The van der Waals surface area contributed by atoms with Gasteiger partial charge in [-0.05, 0) is 30.2 Å². The molecule has 146 valence electrons. The summed E-state index contributed by atoms with van der Waals surface area (Å²) in [7, 11) is 1.79. The number of para-hydroxylation sites is 2. The topological polar surface area (TPSA) is 60.0 Å². The van der Waals surface area contributed by atoms with Gasteiger partial charge in [-0.1, -0.05) is 36.4 Å². The van der Waals surface area contributed by atoms with Crippen molar-refractivity contribution in [3.05, 3.63) is 60.2 Å². The van der Waals surface area contributed by atoms with Crippen molar-refractivity contribution in [2.24, 2.45) is 4.99 Å². The van der Waals surface area contributed by atoms with Crippen LogP contribution in [0.1, 0.15) is 12.0 Å². The smallest absolute Gasteiger partial charge is 0.231 e. The molecular weight excluding hydrogens is 350 g/mol. The lowest BCUT2D eigenvalue weighted by Gasteiger charge is -2.22. The molecule has 2 aliphatic heterocycles. The molecule has 6 nitrogen and oxygen atoms in total. The molecule has 2 aliphatic rings. The summed E-state index contributed by atoms with van der Waals surface area (Å²) in [6.07, 6.45) is 1.58. The Balaban J connectivity index is 1.26. The molecular formula is C22H27N5O. The summed E-state index contributed by atoms with van der Waals surface area (Å²) in [6, 6.07) is 18.9. The van der Waals surface area contributed by atoms with E-state index < -0.39 is 0 Å². The van der Waals surface area contributed by atoms with Gasteiger partial charge in [0.05, 0.1) is 6.42 Å². The fourth-order valence-corrected chi connectivity index (χ4v) is 3.99. The molecule has 2 aromatic carbocycles. The van der Waals surface area contributed by atoms with Gasteiger partial charge >= 0.3 is 0 Å². The molecule has 0 radical (unpaired) electrons. The molecule has 2 N–H and O–H groups in total. The first-order chi connectivity index (χ1) is 13.7. The van der Waals surface area contributed by atoms with Gasteiger partial charge in [0, 0.05) is 50.6 Å². The summed E-state index contributed by atoms with van der Waals surface area (Å²) in [5, 5.41) is 6.87. The van der Waals surface area contributed by atoms with Gasteiger partial charge in [-0.2, -0.15) is 0 Å². The SMILES string of the molecule is CN=C(NCCN1C(=O)Cc2ccccc21)NC1CCN(c2ccccc2)C1. The number of guanidine groups is 1. The fraction of sp³-hybridized carbons (Fsp3) is 0.364. The third kappa shape index (κ3) is 3.96. The van der Waals surface area contributed by atoms with Crippen LogP contribution in [0.25, 0.3) is 0 Å². The van der Waals surface area contributed by atoms with Gasteiger partial charge in [0.25, 0.3) is 0 Å². The molecule has 0 bridgehead atoms. The summed E-state index contributed by atoms with van der Waals surface area (Å²) in [4.78, 5) is 20.9. The van der Waals surface area contributed by atoms with Gasteiger partial charge in [-0.25, -0.2) is 0 Å². The molecule has 2 aromatic rings. The van der Waals surface area contributed by atoms with Crippen LogP contribution in [0.5, 0.6) is 0 Å². The third-order valence-corrected chi connectivity index (χ3v) is 5.43. The van der Waals surface area contributed by atoms with Gasteiger partial charge in [-0.3, -0.25) is 9.79 Å². The van der Waals surface area contributed by atoms with Crippen LogP contribution in [0.4, 0.5) is 11.4 Å². The van der Waals surface area contributed by atoms with Crippen LogP contribution in [0.2, 0.25) is 0 Å². The molecule has 0 aromatic heterocycles. The van der Waals surface area contributed by atoms with Crippen molar-refractivity contribution in [2.75, 3.05) is 43.0 Å². The lowest BCUT2D eigenvalue weighted by molar-refractivity contribution is -0.117. The van der Waals surface area contributed by atoms with E-state index in [4.69, 9.17) is 0 Å². The molecule has 28 heavy (non-hydrogen) atoms. The largest absolute Gasteiger partial charge is 0.369 e. The highest BCUT2D eigenvalue weighted by atomic mass is 16.2. The van der Waals surface area contributed by atoms with Crippen molar-refractivity contribution >= 4 is 23.2 Å². The minimum absolute atomic E-state index is 0.167. The van der Waals surface area contributed by atoms with Crippen LogP contribution in [0, 0.1) is 0 Å². The van der Waals surface area contributed by atoms with E-state index in [0.717, 1.165) is 36.7 Å². The van der Waals surface area contributed by atoms with Crippen molar-refractivity contribution in [1.82, 2.24) is 10.6 Å². The van der Waals surface area contributed by atoms with Gasteiger partial charge in [0.1, 0.15) is 0 Å². The molecule has 1 amide bonds. The van der Waals surface area contributed by atoms with Gasteiger partial charge in [0.15, 0.2) is 5.96 Å².